The van der Waals surface area contributed by atoms with Crippen LogP contribution >= 0.6 is 0 Å². The third-order valence-electron chi connectivity index (χ3n) is 4.67. The van der Waals surface area contributed by atoms with E-state index in [2.05, 4.69) is 6.58 Å². The molecule has 0 radical (unpaired) electrons. The van der Waals surface area contributed by atoms with E-state index in [1.54, 1.807) is 30.3 Å². The summed E-state index contributed by atoms with van der Waals surface area (Å²) in [6.07, 6.45) is 0.370. The maximum absolute atomic E-state index is 12.7. The zero-order valence-corrected chi connectivity index (χ0v) is 16.9. The zero-order valence-electron chi connectivity index (χ0n) is 16.1. The van der Waals surface area contributed by atoms with Gasteiger partial charge in [-0.3, -0.25) is 0 Å². The number of rotatable bonds is 7. The van der Waals surface area contributed by atoms with Crippen LogP contribution in [0.2, 0.25) is 0 Å². The highest BCUT2D eigenvalue weighted by molar-refractivity contribution is 7.95. The van der Waals surface area contributed by atoms with Crippen molar-refractivity contribution >= 4 is 9.84 Å². The van der Waals surface area contributed by atoms with Crippen LogP contribution in [0.3, 0.4) is 0 Å². The molecule has 0 fully saturated rings. The molecule has 3 nitrogen and oxygen atoms in total. The van der Waals surface area contributed by atoms with Gasteiger partial charge in [0, 0.05) is 4.91 Å². The fraction of sp³-hybridized carbons (Fsp3) is 0.167. The Hall–Kier alpha value is -2.85. The van der Waals surface area contributed by atoms with Crippen molar-refractivity contribution in [1.29, 1.82) is 0 Å². The van der Waals surface area contributed by atoms with Crippen molar-refractivity contribution in [2.45, 2.75) is 31.1 Å². The molecule has 4 heteroatoms. The zero-order chi connectivity index (χ0) is 20.1. The topological polar surface area (TPSA) is 43.4 Å². The molecule has 3 aromatic carbocycles. The van der Waals surface area contributed by atoms with Crippen molar-refractivity contribution in [2.75, 3.05) is 0 Å². The second kappa shape index (κ2) is 8.44. The molecular formula is C24H24O3S. The SMILES string of the molecule is C=C(CC(C)c1ccc(Oc2ccc(C)cc2)cc1)S(=O)(=O)c1ccccc1. The number of sulfone groups is 1. The van der Waals surface area contributed by atoms with E-state index in [4.69, 9.17) is 4.74 Å². The van der Waals surface area contributed by atoms with E-state index < -0.39 is 9.84 Å². The van der Waals surface area contributed by atoms with E-state index in [0.29, 0.717) is 6.42 Å². The molecule has 0 aliphatic heterocycles. The van der Waals surface area contributed by atoms with E-state index in [1.807, 2.05) is 62.4 Å². The van der Waals surface area contributed by atoms with E-state index in [0.717, 1.165) is 17.1 Å². The van der Waals surface area contributed by atoms with Crippen LogP contribution in [0.25, 0.3) is 0 Å². The maximum Gasteiger partial charge on any atom is 0.202 e. The normalized spacial score (nSPS) is 12.4. The molecule has 3 aromatic rings. The van der Waals surface area contributed by atoms with Gasteiger partial charge in [-0.25, -0.2) is 8.42 Å². The summed E-state index contributed by atoms with van der Waals surface area (Å²) in [6, 6.07) is 24.1. The van der Waals surface area contributed by atoms with E-state index in [1.165, 1.54) is 5.56 Å². The molecule has 0 heterocycles. The Balaban J connectivity index is 1.66. The van der Waals surface area contributed by atoms with E-state index in [9.17, 15) is 8.42 Å². The van der Waals surface area contributed by atoms with E-state index >= 15 is 0 Å². The molecule has 28 heavy (non-hydrogen) atoms. The Morgan fingerprint density at radius 3 is 2.00 bits per heavy atom. The summed E-state index contributed by atoms with van der Waals surface area (Å²) >= 11 is 0. The summed E-state index contributed by atoms with van der Waals surface area (Å²) in [5.74, 6) is 1.56. The highest BCUT2D eigenvalue weighted by Crippen LogP contribution is 2.30. The van der Waals surface area contributed by atoms with Crippen LogP contribution < -0.4 is 4.74 Å². The third kappa shape index (κ3) is 4.70. The van der Waals surface area contributed by atoms with Gasteiger partial charge in [-0.1, -0.05) is 61.5 Å². The first-order valence-corrected chi connectivity index (χ1v) is 10.7. The van der Waals surface area contributed by atoms with Crippen LogP contribution in [0.5, 0.6) is 11.5 Å². The molecule has 0 saturated heterocycles. The van der Waals surface area contributed by atoms with Gasteiger partial charge < -0.3 is 4.74 Å². The fourth-order valence-corrected chi connectivity index (χ4v) is 4.26. The molecule has 3 rings (SSSR count). The van der Waals surface area contributed by atoms with Crippen molar-refractivity contribution in [3.8, 4) is 11.5 Å². The predicted octanol–water partition coefficient (Wildman–Crippen LogP) is 6.27. The smallest absolute Gasteiger partial charge is 0.202 e. The van der Waals surface area contributed by atoms with Crippen molar-refractivity contribution in [2.24, 2.45) is 0 Å². The fourth-order valence-electron chi connectivity index (χ4n) is 2.94. The summed E-state index contributed by atoms with van der Waals surface area (Å²) in [7, 11) is -3.51. The van der Waals surface area contributed by atoms with Gasteiger partial charge in [0.25, 0.3) is 0 Å². The molecule has 1 unspecified atom stereocenters. The molecule has 0 bridgehead atoms. The second-order valence-electron chi connectivity index (χ2n) is 6.94. The minimum Gasteiger partial charge on any atom is -0.457 e. The lowest BCUT2D eigenvalue weighted by Gasteiger charge is -2.15. The van der Waals surface area contributed by atoms with Crippen LogP contribution in [0.15, 0.2) is 95.2 Å². The largest absolute Gasteiger partial charge is 0.457 e. The highest BCUT2D eigenvalue weighted by Gasteiger charge is 2.21. The summed E-state index contributed by atoms with van der Waals surface area (Å²) in [4.78, 5) is 0.514. The molecule has 0 saturated carbocycles. The first kappa shape index (κ1) is 19.9. The molecule has 0 aliphatic carbocycles. The molecule has 144 valence electrons. The van der Waals surface area contributed by atoms with Crippen molar-refractivity contribution in [1.82, 2.24) is 0 Å². The van der Waals surface area contributed by atoms with Gasteiger partial charge in [-0.05, 0) is 61.2 Å². The van der Waals surface area contributed by atoms with Gasteiger partial charge in [-0.15, -0.1) is 0 Å². The molecule has 0 N–H and O–H groups in total. The minimum atomic E-state index is -3.51. The minimum absolute atomic E-state index is 0.0272. The molecule has 0 aliphatic rings. The van der Waals surface area contributed by atoms with Gasteiger partial charge in [0.05, 0.1) is 4.90 Å². The lowest BCUT2D eigenvalue weighted by Crippen LogP contribution is -2.07. The quantitative estimate of drug-likeness (QED) is 0.476. The highest BCUT2D eigenvalue weighted by atomic mass is 32.2. The lowest BCUT2D eigenvalue weighted by atomic mass is 9.98. The van der Waals surface area contributed by atoms with E-state index in [-0.39, 0.29) is 15.7 Å². The molecule has 0 aromatic heterocycles. The molecule has 0 amide bonds. The van der Waals surface area contributed by atoms with Crippen molar-refractivity contribution < 1.29 is 13.2 Å². The number of aryl methyl sites for hydroxylation is 1. The first-order chi connectivity index (χ1) is 13.4. The standard InChI is InChI=1S/C24H24O3S/c1-18-9-13-22(14-10-18)27-23-15-11-21(12-16-23)19(2)17-20(3)28(25,26)24-7-5-4-6-8-24/h4-16,19H,3,17H2,1-2H3. The number of allylic oxidation sites excluding steroid dienone is 1. The van der Waals surface area contributed by atoms with Gasteiger partial charge in [-0.2, -0.15) is 0 Å². The monoisotopic (exact) mass is 392 g/mol. The van der Waals surface area contributed by atoms with Crippen LogP contribution in [0.1, 0.15) is 30.4 Å². The lowest BCUT2D eigenvalue weighted by molar-refractivity contribution is 0.482. The molecule has 1 atom stereocenters. The Bertz CT molecular complexity index is 1040. The van der Waals surface area contributed by atoms with Gasteiger partial charge in [0.1, 0.15) is 11.5 Å². The predicted molar refractivity (Wildman–Crippen MR) is 113 cm³/mol. The maximum atomic E-state index is 12.7. The van der Waals surface area contributed by atoms with Gasteiger partial charge in [0.2, 0.25) is 9.84 Å². The Kier molecular flexibility index (Phi) is 6.00. The number of hydrogen-bond donors (Lipinski definition) is 0. The summed E-state index contributed by atoms with van der Waals surface area (Å²) in [6.45, 7) is 7.87. The Labute approximate surface area is 167 Å². The van der Waals surface area contributed by atoms with Crippen molar-refractivity contribution in [3.63, 3.8) is 0 Å². The average molecular weight is 393 g/mol. The number of hydrogen-bond acceptors (Lipinski definition) is 3. The Morgan fingerprint density at radius 2 is 1.43 bits per heavy atom. The summed E-state index contributed by atoms with van der Waals surface area (Å²) < 4.78 is 31.2. The number of benzene rings is 3. The van der Waals surface area contributed by atoms with Crippen LogP contribution in [0, 0.1) is 6.92 Å². The molecule has 0 spiro atoms. The third-order valence-corrected chi connectivity index (χ3v) is 6.49. The summed E-state index contributed by atoms with van der Waals surface area (Å²) in [5.41, 5.74) is 2.22. The Morgan fingerprint density at radius 1 is 0.893 bits per heavy atom. The number of ether oxygens (including phenoxy) is 1. The van der Waals surface area contributed by atoms with Crippen LogP contribution in [0.4, 0.5) is 0 Å². The van der Waals surface area contributed by atoms with Gasteiger partial charge >= 0.3 is 0 Å². The second-order valence-corrected chi connectivity index (χ2v) is 9.00. The van der Waals surface area contributed by atoms with Gasteiger partial charge in [0.15, 0.2) is 0 Å². The van der Waals surface area contributed by atoms with Crippen LogP contribution in [-0.2, 0) is 9.84 Å². The first-order valence-electron chi connectivity index (χ1n) is 9.18. The van der Waals surface area contributed by atoms with Crippen molar-refractivity contribution in [3.05, 3.63) is 101 Å². The molecular weight excluding hydrogens is 368 g/mol. The summed E-state index contributed by atoms with van der Waals surface area (Å²) in [5, 5.41) is 0. The average Bonchev–Trinajstić information content (AvgIpc) is 2.71. The van der Waals surface area contributed by atoms with Crippen LogP contribution in [-0.4, -0.2) is 8.42 Å².